The summed E-state index contributed by atoms with van der Waals surface area (Å²) < 4.78 is 67.8. The van der Waals surface area contributed by atoms with Crippen LogP contribution in [0.1, 0.15) is 67.9 Å². The fourth-order valence-electron chi connectivity index (χ4n) is 5.41. The fourth-order valence-corrected chi connectivity index (χ4v) is 5.41. The van der Waals surface area contributed by atoms with Gasteiger partial charge < -0.3 is 9.47 Å². The molecule has 0 saturated carbocycles. The molecule has 1 saturated heterocycles. The lowest BCUT2D eigenvalue weighted by molar-refractivity contribution is -0.163. The molecule has 0 bridgehead atoms. The summed E-state index contributed by atoms with van der Waals surface area (Å²) in [6.45, 7) is 6.75. The molecule has 0 radical (unpaired) electrons. The molecule has 1 heterocycles. The molecule has 0 amide bonds. The maximum Gasteiger partial charge on any atom is 0.417 e. The first-order chi connectivity index (χ1) is 20.4. The number of carbonyl (C=O) groups excluding carboxylic acids is 1. The minimum absolute atomic E-state index is 0.0385. The van der Waals surface area contributed by atoms with Gasteiger partial charge in [0.25, 0.3) is 0 Å². The number of ether oxygens (including phenoxy) is 2. The zero-order chi connectivity index (χ0) is 31.2. The van der Waals surface area contributed by atoms with Crippen LogP contribution in [-0.4, -0.2) is 42.3 Å². The maximum atomic E-state index is 14.4. The summed E-state index contributed by atoms with van der Waals surface area (Å²) in [5.41, 5.74) is 2.36. The first-order valence-electron chi connectivity index (χ1n) is 14.6. The first-order valence-corrected chi connectivity index (χ1v) is 14.6. The minimum Gasteiger partial charge on any atom is -0.491 e. The average molecular weight is 598 g/mol. The third kappa shape index (κ3) is 8.47. The van der Waals surface area contributed by atoms with E-state index in [2.05, 4.69) is 0 Å². The maximum absolute atomic E-state index is 14.4. The topological polar surface area (TPSA) is 38.8 Å². The van der Waals surface area contributed by atoms with E-state index in [1.807, 2.05) is 60.4 Å². The molecule has 0 spiro atoms. The van der Waals surface area contributed by atoms with E-state index in [0.717, 1.165) is 41.2 Å². The van der Waals surface area contributed by atoms with Crippen molar-refractivity contribution in [2.45, 2.75) is 71.3 Å². The number of hydrogen-bond donors (Lipinski definition) is 0. The zero-order valence-corrected chi connectivity index (χ0v) is 25.1. The Hall–Kier alpha value is -3.65. The van der Waals surface area contributed by atoms with Gasteiger partial charge in [0.1, 0.15) is 30.7 Å². The number of piperidine rings is 1. The predicted molar refractivity (Wildman–Crippen MR) is 162 cm³/mol. The zero-order valence-electron chi connectivity index (χ0n) is 25.1. The van der Waals surface area contributed by atoms with Crippen molar-refractivity contribution in [2.24, 2.45) is 0 Å². The first kappa shape index (κ1) is 32.3. The van der Waals surface area contributed by atoms with E-state index in [9.17, 15) is 22.4 Å². The van der Waals surface area contributed by atoms with Crippen molar-refractivity contribution < 1.29 is 31.8 Å². The molecule has 3 aromatic carbocycles. The number of carbonyl (C=O) groups is 1. The smallest absolute Gasteiger partial charge is 0.417 e. The van der Waals surface area contributed by atoms with Crippen molar-refractivity contribution in [1.82, 2.24) is 4.90 Å². The highest BCUT2D eigenvalue weighted by atomic mass is 19.4. The van der Waals surface area contributed by atoms with Crippen molar-refractivity contribution in [3.63, 3.8) is 0 Å². The Labute approximate surface area is 251 Å². The van der Waals surface area contributed by atoms with E-state index < -0.39 is 36.0 Å². The molecule has 0 unspecified atom stereocenters. The molecule has 3 aromatic rings. The lowest BCUT2D eigenvalue weighted by Gasteiger charge is -2.36. The summed E-state index contributed by atoms with van der Waals surface area (Å²) in [7, 11) is 0. The number of hydrogen-bond acceptors (Lipinski definition) is 4. The molecular weight excluding hydrogens is 558 g/mol. The van der Waals surface area contributed by atoms with Crippen LogP contribution in [-0.2, 0) is 22.3 Å². The van der Waals surface area contributed by atoms with E-state index in [1.54, 1.807) is 26.8 Å². The van der Waals surface area contributed by atoms with Gasteiger partial charge in [-0.1, -0.05) is 67.1 Å². The van der Waals surface area contributed by atoms with Crippen molar-refractivity contribution in [3.8, 4) is 16.9 Å². The van der Waals surface area contributed by atoms with Crippen LogP contribution < -0.4 is 4.74 Å². The molecule has 0 N–H and O–H groups in total. The van der Waals surface area contributed by atoms with Gasteiger partial charge in [-0.15, -0.1) is 0 Å². The summed E-state index contributed by atoms with van der Waals surface area (Å²) in [5, 5.41) is 0. The number of benzene rings is 3. The SMILES string of the molecule is Cc1c(/C=C/c2cc(OCCF)c(CN3CCCC[C@H]3C(=O)OC(C)(C)C)cc2C(F)(F)F)cccc1-c1ccccc1. The summed E-state index contributed by atoms with van der Waals surface area (Å²) in [4.78, 5) is 14.8. The van der Waals surface area contributed by atoms with Gasteiger partial charge in [-0.2, -0.15) is 13.2 Å². The van der Waals surface area contributed by atoms with Gasteiger partial charge in [-0.3, -0.25) is 9.69 Å². The van der Waals surface area contributed by atoms with E-state index in [1.165, 1.54) is 12.1 Å². The van der Waals surface area contributed by atoms with Gasteiger partial charge in [-0.25, -0.2) is 4.39 Å². The highest BCUT2D eigenvalue weighted by Crippen LogP contribution is 2.38. The van der Waals surface area contributed by atoms with Crippen LogP contribution in [0.4, 0.5) is 17.6 Å². The molecule has 4 rings (SSSR count). The number of esters is 1. The number of halogens is 4. The van der Waals surface area contributed by atoms with Crippen LogP contribution >= 0.6 is 0 Å². The monoisotopic (exact) mass is 597 g/mol. The Morgan fingerprint density at radius 1 is 0.977 bits per heavy atom. The van der Waals surface area contributed by atoms with Gasteiger partial charge in [0.2, 0.25) is 0 Å². The van der Waals surface area contributed by atoms with Gasteiger partial charge in [0.15, 0.2) is 0 Å². The highest BCUT2D eigenvalue weighted by Gasteiger charge is 2.36. The number of rotatable bonds is 9. The van der Waals surface area contributed by atoms with Crippen LogP contribution in [0.25, 0.3) is 23.3 Å². The highest BCUT2D eigenvalue weighted by molar-refractivity contribution is 5.79. The van der Waals surface area contributed by atoms with Crippen molar-refractivity contribution in [2.75, 3.05) is 19.8 Å². The summed E-state index contributed by atoms with van der Waals surface area (Å²) >= 11 is 0. The molecule has 1 aliphatic rings. The molecule has 8 heteroatoms. The number of likely N-dealkylation sites (tertiary alicyclic amines) is 1. The van der Waals surface area contributed by atoms with Gasteiger partial charge in [0, 0.05) is 12.1 Å². The second-order valence-electron chi connectivity index (χ2n) is 11.8. The van der Waals surface area contributed by atoms with Crippen LogP contribution in [0.3, 0.4) is 0 Å². The van der Waals surface area contributed by atoms with E-state index in [-0.39, 0.29) is 30.0 Å². The van der Waals surface area contributed by atoms with Crippen molar-refractivity contribution in [3.05, 3.63) is 88.5 Å². The normalized spacial score (nSPS) is 16.4. The Bertz CT molecular complexity index is 1430. The molecule has 230 valence electrons. The second-order valence-corrected chi connectivity index (χ2v) is 11.8. The van der Waals surface area contributed by atoms with Gasteiger partial charge >= 0.3 is 12.1 Å². The fraction of sp³-hybridized carbons (Fsp3) is 0.400. The molecule has 0 aliphatic carbocycles. The van der Waals surface area contributed by atoms with Crippen molar-refractivity contribution in [1.29, 1.82) is 0 Å². The Morgan fingerprint density at radius 2 is 1.70 bits per heavy atom. The van der Waals surface area contributed by atoms with Crippen LogP contribution in [0.5, 0.6) is 5.75 Å². The molecular formula is C35H39F4NO3. The second kappa shape index (κ2) is 13.8. The van der Waals surface area contributed by atoms with Crippen molar-refractivity contribution >= 4 is 18.1 Å². The molecule has 1 aliphatic heterocycles. The van der Waals surface area contributed by atoms with Gasteiger partial charge in [0.05, 0.1) is 5.56 Å². The summed E-state index contributed by atoms with van der Waals surface area (Å²) in [6, 6.07) is 17.3. The van der Waals surface area contributed by atoms with Crippen LogP contribution in [0.15, 0.2) is 60.7 Å². The largest absolute Gasteiger partial charge is 0.491 e. The van der Waals surface area contributed by atoms with Gasteiger partial charge in [-0.05, 0) is 87.0 Å². The quantitative estimate of drug-likeness (QED) is 0.140. The molecule has 43 heavy (non-hydrogen) atoms. The molecule has 4 nitrogen and oxygen atoms in total. The third-order valence-electron chi connectivity index (χ3n) is 7.44. The molecule has 1 fully saturated rings. The predicted octanol–water partition coefficient (Wildman–Crippen LogP) is 8.90. The van der Waals surface area contributed by atoms with Crippen LogP contribution in [0, 0.1) is 6.92 Å². The standard InChI is InChI=1S/C35H39F4NO3/c1-24-25(13-10-14-29(24)26-11-6-5-7-12-26)16-17-27-22-32(42-20-18-36)28(21-30(27)35(37,38)39)23-40-19-9-8-15-31(40)33(41)43-34(2,3)4/h5-7,10-14,16-17,21-22,31H,8-9,15,18-20,23H2,1-4H3/b17-16+/t31-/m0/s1. The lowest BCUT2D eigenvalue weighted by Crippen LogP contribution is -2.46. The van der Waals surface area contributed by atoms with E-state index in [0.29, 0.717) is 13.0 Å². The third-order valence-corrected chi connectivity index (χ3v) is 7.44. The Kier molecular flexibility index (Phi) is 10.3. The summed E-state index contributed by atoms with van der Waals surface area (Å²) in [5.74, 6) is -0.240. The average Bonchev–Trinajstić information content (AvgIpc) is 2.95. The summed E-state index contributed by atoms with van der Waals surface area (Å²) in [6.07, 6.45) is 0.595. The number of nitrogens with zero attached hydrogens (tertiary/aromatic N) is 1. The molecule has 0 aromatic heterocycles. The van der Waals surface area contributed by atoms with E-state index >= 15 is 0 Å². The lowest BCUT2D eigenvalue weighted by atomic mass is 9.95. The Morgan fingerprint density at radius 3 is 2.37 bits per heavy atom. The Balaban J connectivity index is 1.72. The minimum atomic E-state index is -4.65. The van der Waals surface area contributed by atoms with Crippen LogP contribution in [0.2, 0.25) is 0 Å². The number of alkyl halides is 4. The molecule has 1 atom stereocenters. The van der Waals surface area contributed by atoms with E-state index in [4.69, 9.17) is 9.47 Å².